The van der Waals surface area contributed by atoms with Gasteiger partial charge < -0.3 is 34.5 Å². The average Bonchev–Trinajstić information content (AvgIpc) is 1.37. The predicted molar refractivity (Wildman–Crippen MR) is 305 cm³/mol. The number of nitrogens with one attached hydrogen (secondary N) is 3. The van der Waals surface area contributed by atoms with Crippen LogP contribution in [0.4, 0.5) is 59.4 Å². The lowest BCUT2D eigenvalue weighted by atomic mass is 9.77. The maximum Gasteiger partial charge on any atom is 0.407 e. The highest BCUT2D eigenvalue weighted by Crippen LogP contribution is 2.43. The highest BCUT2D eigenvalue weighted by molar-refractivity contribution is 5.89. The monoisotopic (exact) mass is 1280 g/mol. The lowest BCUT2D eigenvalue weighted by Crippen LogP contribution is -2.62. The summed E-state index contributed by atoms with van der Waals surface area (Å²) in [5.41, 5.74) is -4.47. The molecule has 0 saturated carbocycles. The summed E-state index contributed by atoms with van der Waals surface area (Å²) in [6.07, 6.45) is -10.6. The van der Waals surface area contributed by atoms with Crippen molar-refractivity contribution in [2.75, 3.05) is 66.1 Å². The number of fused-ring (bicyclic) bond motifs is 2. The first-order chi connectivity index (χ1) is 42.1. The summed E-state index contributed by atoms with van der Waals surface area (Å²) in [7, 11) is 4.64. The van der Waals surface area contributed by atoms with Gasteiger partial charge in [-0.05, 0) is 103 Å². The van der Waals surface area contributed by atoms with Crippen LogP contribution in [0, 0.1) is 46.1 Å². The molecule has 2 bridgehead atoms. The van der Waals surface area contributed by atoms with Crippen LogP contribution in [0.2, 0.25) is 0 Å². The molecule has 3 amide bonds. The third-order valence-corrected chi connectivity index (χ3v) is 16.6. The van der Waals surface area contributed by atoms with Crippen molar-refractivity contribution in [1.29, 1.82) is 0 Å². The Morgan fingerprint density at radius 3 is 1.81 bits per heavy atom. The van der Waals surface area contributed by atoms with Crippen LogP contribution in [0.3, 0.4) is 0 Å². The van der Waals surface area contributed by atoms with Gasteiger partial charge in [-0.25, -0.2) is 38.0 Å². The number of amides is 3. The van der Waals surface area contributed by atoms with Crippen molar-refractivity contribution in [3.63, 3.8) is 0 Å². The van der Waals surface area contributed by atoms with Crippen LogP contribution in [0.25, 0.3) is 11.3 Å². The molecule has 5 heterocycles. The van der Waals surface area contributed by atoms with Gasteiger partial charge in [0.05, 0.1) is 62.1 Å². The third-order valence-electron chi connectivity index (χ3n) is 16.6. The zero-order valence-electron chi connectivity index (χ0n) is 51.1. The number of Topliss-reactive ketones (excluding diaryl/α,β-unsaturated/α-hetero) is 1. The van der Waals surface area contributed by atoms with Gasteiger partial charge in [0.25, 0.3) is 5.91 Å². The molecule has 2 aromatic heterocycles. The smallest absolute Gasteiger partial charge is 0.407 e. The maximum absolute atomic E-state index is 16.5. The van der Waals surface area contributed by atoms with Crippen molar-refractivity contribution in [1.82, 2.24) is 50.6 Å². The summed E-state index contributed by atoms with van der Waals surface area (Å²) in [4.78, 5) is 84.7. The Kier molecular flexibility index (Phi) is 22.3. The number of esters is 1. The van der Waals surface area contributed by atoms with Crippen LogP contribution in [0.5, 0.6) is 0 Å². The Morgan fingerprint density at radius 2 is 1.32 bits per heavy atom. The molecule has 3 fully saturated rings. The highest BCUT2D eigenvalue weighted by atomic mass is 19.4. The second kappa shape index (κ2) is 28.7. The van der Waals surface area contributed by atoms with E-state index in [4.69, 9.17) is 9.47 Å². The lowest BCUT2D eigenvalue weighted by Gasteiger charge is -2.47. The number of benzene rings is 2. The molecule has 2 unspecified atom stereocenters. The van der Waals surface area contributed by atoms with E-state index in [-0.39, 0.29) is 15.9 Å². The van der Waals surface area contributed by atoms with E-state index < -0.39 is 139 Å². The zero-order chi connectivity index (χ0) is 66.4. The summed E-state index contributed by atoms with van der Waals surface area (Å²) in [6.45, 7) is 3.24. The highest BCUT2D eigenvalue weighted by Gasteiger charge is 2.57. The van der Waals surface area contributed by atoms with Gasteiger partial charge in [0.1, 0.15) is 35.9 Å². The number of hydrogen-bond acceptors (Lipinski definition) is 16. The Labute approximate surface area is 513 Å². The molecule has 3 aliphatic heterocycles. The first kappa shape index (κ1) is 69.8. The summed E-state index contributed by atoms with van der Waals surface area (Å²) < 4.78 is 171. The van der Waals surface area contributed by atoms with Crippen LogP contribution in [-0.2, 0) is 46.3 Å². The number of hydrazine groups is 1. The number of ketones is 1. The number of carbonyl (C=O) groups excluding carboxylic acids is 5. The zero-order valence-corrected chi connectivity index (χ0v) is 51.1. The molecule has 0 aliphatic carbocycles. The van der Waals surface area contributed by atoms with Gasteiger partial charge in [-0.1, -0.05) is 37.8 Å². The molecule has 0 spiro atoms. The fraction of sp³-hybridized carbons (Fsp3) is 0.567. The number of methoxy groups -OCH3 is 2. The number of aromatic nitrogens is 4. The minimum absolute atomic E-state index is 0.203. The van der Waals surface area contributed by atoms with E-state index in [2.05, 4.69) is 51.6 Å². The van der Waals surface area contributed by atoms with Crippen molar-refractivity contribution in [3.8, 4) is 23.1 Å². The summed E-state index contributed by atoms with van der Waals surface area (Å²) in [5, 5.41) is 8.03. The number of carbonyl (C=O) groups is 5. The molecule has 3 aliphatic rings. The number of likely N-dealkylation sites (N-methyl/N-ethyl adjacent to an activating group) is 1. The van der Waals surface area contributed by atoms with E-state index in [1.165, 1.54) is 31.1 Å². The Hall–Kier alpha value is -7.62. The largest absolute Gasteiger partial charge is 0.459 e. The third kappa shape index (κ3) is 16.5. The second-order valence-corrected chi connectivity index (χ2v) is 24.2. The molecule has 7 rings (SSSR count). The first-order valence-electron chi connectivity index (χ1n) is 28.8. The molecular weight excluding hydrogens is 1210 g/mol. The van der Waals surface area contributed by atoms with E-state index in [0.717, 1.165) is 65.6 Å². The van der Waals surface area contributed by atoms with Crippen molar-refractivity contribution < 1.29 is 86.8 Å². The molecule has 492 valence electrons. The number of anilines is 1. The SMILES string of the molecule is COC(=O)N[C@H](C(=O)C[C@@H](Cc1ccc(C#Cc2cnc(N3CC4CCC(C3)N4C3COC3)nc2)cc1)[C@H](CN(Cc1c(F)cc(-c2ccn(C(F)F)n2)cc1F)NC(=O)[C@@H](NC(=O)OC)C(C)(C)C(F)(F)F)OC(=O)[C@H](C(C)C)N(C)C)C(C)(C)C(F)(F)F. The number of hydrogen-bond donors (Lipinski definition) is 3. The standard InChI is InChI=1S/C60H73F10N11O9/c1-33(2)48(77(7)8)52(84)90-47(30-79(76-51(83)50(74-56(86)88-10)58(5,6)60(68,69)70)29-42-43(61)22-37(23-44(42)62)45-19-20-80(75-45)53(63)64)38(24-46(82)49(73-55(85)87-9)57(3,4)59(65,66)67)21-35-14-11-34(12-15-35)13-16-36-25-71-54(72-26-36)78-27-39-17-18-40(28-78)81(39)41-31-89-32-41/h11-12,14-15,19-20,22-23,25-26,33,38-41,47-50,53H,17-18,21,24,27-32H2,1-10H3,(H,73,85)(H,74,86)(H,76,83)/t38-,39?,40?,47+,48+,49-,50-/m1/s1. The van der Waals surface area contributed by atoms with E-state index in [0.29, 0.717) is 85.6 Å². The van der Waals surface area contributed by atoms with Crippen LogP contribution in [-0.4, -0.2) is 180 Å². The van der Waals surface area contributed by atoms with Gasteiger partial charge in [0, 0.05) is 79.3 Å². The Morgan fingerprint density at radius 1 is 0.778 bits per heavy atom. The second-order valence-electron chi connectivity index (χ2n) is 24.2. The van der Waals surface area contributed by atoms with Crippen molar-refractivity contribution >= 4 is 35.8 Å². The molecule has 3 saturated heterocycles. The lowest BCUT2D eigenvalue weighted by molar-refractivity contribution is -0.221. The quantitative estimate of drug-likeness (QED) is 0.0198. The maximum atomic E-state index is 16.5. The number of piperazine rings is 1. The molecule has 4 aromatic rings. The molecule has 90 heavy (non-hydrogen) atoms. The molecular formula is C60H73F10N11O9. The average molecular weight is 1280 g/mol. The normalized spacial score (nSPS) is 18.3. The Balaban J connectivity index is 1.30. The minimum Gasteiger partial charge on any atom is -0.459 e. The molecule has 0 radical (unpaired) electrons. The number of alkyl halides is 8. The predicted octanol–water partition coefficient (Wildman–Crippen LogP) is 8.24. The van der Waals surface area contributed by atoms with Crippen molar-refractivity contribution in [2.45, 2.75) is 135 Å². The number of nitrogens with zero attached hydrogens (tertiary/aromatic N) is 8. The molecule has 7 atom stereocenters. The number of ether oxygens (including phenoxy) is 4. The minimum atomic E-state index is -5.27. The van der Waals surface area contributed by atoms with E-state index >= 15 is 8.78 Å². The number of halogens is 10. The Bertz CT molecular complexity index is 3200. The van der Waals surface area contributed by atoms with Crippen molar-refractivity contribution in [2.24, 2.45) is 22.7 Å². The summed E-state index contributed by atoms with van der Waals surface area (Å²) in [5.74, 6) is -2.46. The van der Waals surface area contributed by atoms with E-state index in [9.17, 15) is 59.1 Å². The van der Waals surface area contributed by atoms with E-state index in [1.54, 1.807) is 38.4 Å². The van der Waals surface area contributed by atoms with E-state index in [1.807, 2.05) is 10.6 Å². The fourth-order valence-corrected chi connectivity index (χ4v) is 11.3. The van der Waals surface area contributed by atoms with Gasteiger partial charge in [-0.15, -0.1) is 0 Å². The molecule has 30 heteroatoms. The van der Waals surface area contributed by atoms with Crippen LogP contribution < -0.4 is 21.0 Å². The molecule has 20 nitrogen and oxygen atoms in total. The molecule has 2 aromatic carbocycles. The fourth-order valence-electron chi connectivity index (χ4n) is 11.3. The van der Waals surface area contributed by atoms with Crippen LogP contribution in [0.15, 0.2) is 61.1 Å². The summed E-state index contributed by atoms with van der Waals surface area (Å²) in [6, 6.07) is 3.55. The van der Waals surface area contributed by atoms with Gasteiger partial charge in [-0.3, -0.25) is 29.6 Å². The van der Waals surface area contributed by atoms with Gasteiger partial charge in [0.2, 0.25) is 5.95 Å². The topological polar surface area (TPSA) is 215 Å². The number of rotatable bonds is 24. The van der Waals surface area contributed by atoms with Crippen LogP contribution in [0.1, 0.15) is 89.6 Å². The van der Waals surface area contributed by atoms with Gasteiger partial charge in [-0.2, -0.15) is 40.2 Å². The molecule has 3 N–H and O–H groups in total. The van der Waals surface area contributed by atoms with Gasteiger partial charge >= 0.3 is 37.1 Å². The summed E-state index contributed by atoms with van der Waals surface area (Å²) >= 11 is 0. The van der Waals surface area contributed by atoms with Crippen LogP contribution >= 0.6 is 0 Å². The number of alkyl carbamates (subject to hydrolysis) is 2. The van der Waals surface area contributed by atoms with Gasteiger partial charge in [0.15, 0.2) is 5.78 Å². The van der Waals surface area contributed by atoms with Crippen molar-refractivity contribution in [3.05, 3.63) is 94.9 Å². The first-order valence-corrected chi connectivity index (χ1v) is 28.8.